The van der Waals surface area contributed by atoms with E-state index in [1.165, 1.54) is 0 Å². The number of aromatic nitrogens is 1. The molecule has 3 rings (SSSR count). The second kappa shape index (κ2) is 8.29. The minimum atomic E-state index is 0. The van der Waals surface area contributed by atoms with Gasteiger partial charge in [0.25, 0.3) is 0 Å². The van der Waals surface area contributed by atoms with Gasteiger partial charge in [-0.25, -0.2) is 4.98 Å². The van der Waals surface area contributed by atoms with Gasteiger partial charge in [0.05, 0.1) is 15.2 Å². The zero-order valence-electron chi connectivity index (χ0n) is 12.8. The monoisotopic (exact) mass is 373 g/mol. The Morgan fingerprint density at radius 2 is 2.26 bits per heavy atom. The van der Waals surface area contributed by atoms with Crippen LogP contribution in [0.1, 0.15) is 24.3 Å². The lowest BCUT2D eigenvalue weighted by Crippen LogP contribution is -2.36. The van der Waals surface area contributed by atoms with Gasteiger partial charge >= 0.3 is 0 Å². The molecule has 23 heavy (non-hydrogen) atoms. The van der Waals surface area contributed by atoms with Crippen LogP contribution in [0.4, 0.5) is 0 Å². The molecule has 4 nitrogen and oxygen atoms in total. The zero-order valence-corrected chi connectivity index (χ0v) is 15.1. The summed E-state index contributed by atoms with van der Waals surface area (Å²) in [6, 6.07) is 5.74. The Morgan fingerprint density at radius 3 is 3.04 bits per heavy atom. The van der Waals surface area contributed by atoms with E-state index in [1.807, 2.05) is 18.2 Å². The molecule has 2 aromatic rings. The van der Waals surface area contributed by atoms with Gasteiger partial charge in [0.2, 0.25) is 5.91 Å². The number of nitrogens with two attached hydrogens (primary N) is 1. The first-order chi connectivity index (χ1) is 10.7. The molecule has 1 aromatic heterocycles. The Morgan fingerprint density at radius 1 is 1.43 bits per heavy atom. The second-order valence-corrected chi connectivity index (χ2v) is 7.35. The van der Waals surface area contributed by atoms with Crippen LogP contribution in [0.3, 0.4) is 0 Å². The second-order valence-electron chi connectivity index (χ2n) is 5.79. The maximum Gasteiger partial charge on any atom is 0.223 e. The fourth-order valence-corrected chi connectivity index (χ4v) is 4.26. The van der Waals surface area contributed by atoms with Crippen molar-refractivity contribution in [1.29, 1.82) is 0 Å². The summed E-state index contributed by atoms with van der Waals surface area (Å²) in [4.78, 5) is 16.8. The Hall–Kier alpha value is -0.880. The van der Waals surface area contributed by atoms with Gasteiger partial charge < -0.3 is 11.1 Å². The maximum atomic E-state index is 12.2. The van der Waals surface area contributed by atoms with E-state index in [1.54, 1.807) is 11.3 Å². The van der Waals surface area contributed by atoms with Crippen LogP contribution in [0.25, 0.3) is 10.2 Å². The summed E-state index contributed by atoms with van der Waals surface area (Å²) in [6.45, 7) is 1.23. The Balaban J connectivity index is 0.00000192. The zero-order chi connectivity index (χ0) is 15.5. The Kier molecular flexibility index (Phi) is 6.65. The topological polar surface area (TPSA) is 68.0 Å². The summed E-state index contributed by atoms with van der Waals surface area (Å²) in [6.07, 6.45) is 3.90. The quantitative estimate of drug-likeness (QED) is 0.843. The van der Waals surface area contributed by atoms with Gasteiger partial charge in [0.15, 0.2) is 0 Å². The molecule has 0 radical (unpaired) electrons. The average Bonchev–Trinajstić information content (AvgIpc) is 3.12. The van der Waals surface area contributed by atoms with Gasteiger partial charge in [-0.15, -0.1) is 23.7 Å². The highest BCUT2D eigenvalue weighted by molar-refractivity contribution is 7.18. The summed E-state index contributed by atoms with van der Waals surface area (Å²) in [5, 5.41) is 4.77. The van der Waals surface area contributed by atoms with Gasteiger partial charge in [-0.05, 0) is 43.5 Å². The minimum absolute atomic E-state index is 0. The number of carbonyl (C=O) groups excluding carboxylic acids is 1. The van der Waals surface area contributed by atoms with Crippen molar-refractivity contribution in [3.8, 4) is 0 Å². The predicted octanol–water partition coefficient (Wildman–Crippen LogP) is 3.41. The van der Waals surface area contributed by atoms with Crippen LogP contribution in [-0.4, -0.2) is 24.0 Å². The molecule has 0 spiro atoms. The summed E-state index contributed by atoms with van der Waals surface area (Å²) in [5.74, 6) is 0.598. The van der Waals surface area contributed by atoms with E-state index in [2.05, 4.69) is 10.3 Å². The molecule has 1 aromatic carbocycles. The van der Waals surface area contributed by atoms with E-state index in [0.29, 0.717) is 24.0 Å². The van der Waals surface area contributed by atoms with Gasteiger partial charge in [-0.2, -0.15) is 0 Å². The van der Waals surface area contributed by atoms with Crippen molar-refractivity contribution in [3.05, 3.63) is 28.2 Å². The summed E-state index contributed by atoms with van der Waals surface area (Å²) >= 11 is 7.63. The normalized spacial score (nSPS) is 20.4. The van der Waals surface area contributed by atoms with E-state index >= 15 is 0 Å². The third kappa shape index (κ3) is 4.35. The largest absolute Gasteiger partial charge is 0.355 e. The molecule has 1 amide bonds. The van der Waals surface area contributed by atoms with E-state index in [-0.39, 0.29) is 24.2 Å². The Bertz CT molecular complexity index is 676. The molecular weight excluding hydrogens is 353 g/mol. The Labute approximate surface area is 151 Å². The predicted molar refractivity (Wildman–Crippen MR) is 98.5 cm³/mol. The standard InChI is InChI=1S/C16H20ClN3OS.ClH/c17-11-4-5-14-13(8-11)20-15(22-14)6-7-19-16(21)12-3-1-2-10(12)9-18;/h4-5,8,10,12H,1-3,6-7,9,18H2,(H,19,21);1H/t10-,12-;/m1./s1. The van der Waals surface area contributed by atoms with Crippen molar-refractivity contribution < 1.29 is 4.79 Å². The fraction of sp³-hybridized carbons (Fsp3) is 0.500. The minimum Gasteiger partial charge on any atom is -0.355 e. The van der Waals surface area contributed by atoms with Gasteiger partial charge in [-0.1, -0.05) is 18.0 Å². The number of nitrogens with one attached hydrogen (secondary N) is 1. The molecule has 0 bridgehead atoms. The SMILES string of the molecule is Cl.NC[C@H]1CCC[C@H]1C(=O)NCCc1nc2cc(Cl)ccc2s1. The molecule has 0 aliphatic heterocycles. The molecular formula is C16H21Cl2N3OS. The van der Waals surface area contributed by atoms with Crippen LogP contribution < -0.4 is 11.1 Å². The van der Waals surface area contributed by atoms with Crippen molar-refractivity contribution in [2.75, 3.05) is 13.1 Å². The summed E-state index contributed by atoms with van der Waals surface area (Å²) in [7, 11) is 0. The van der Waals surface area contributed by atoms with Crippen LogP contribution in [0.15, 0.2) is 18.2 Å². The van der Waals surface area contributed by atoms with Crippen LogP contribution in [0, 0.1) is 11.8 Å². The van der Waals surface area contributed by atoms with Crippen LogP contribution in [0.5, 0.6) is 0 Å². The van der Waals surface area contributed by atoms with Gasteiger partial charge in [0.1, 0.15) is 0 Å². The number of hydrogen-bond acceptors (Lipinski definition) is 4. The lowest BCUT2D eigenvalue weighted by atomic mass is 9.95. The highest BCUT2D eigenvalue weighted by atomic mass is 35.5. The molecule has 1 heterocycles. The van der Waals surface area contributed by atoms with Crippen molar-refractivity contribution in [3.63, 3.8) is 0 Å². The first-order valence-corrected chi connectivity index (χ1v) is 8.89. The third-order valence-corrected chi connectivity index (χ3v) is 5.66. The number of benzene rings is 1. The number of fused-ring (bicyclic) bond motifs is 1. The molecule has 1 aliphatic rings. The number of halogens is 2. The van der Waals surface area contributed by atoms with Crippen molar-refractivity contribution >= 4 is 51.5 Å². The average molecular weight is 374 g/mol. The lowest BCUT2D eigenvalue weighted by molar-refractivity contribution is -0.125. The lowest BCUT2D eigenvalue weighted by Gasteiger charge is -2.17. The molecule has 126 valence electrons. The highest BCUT2D eigenvalue weighted by Gasteiger charge is 2.31. The van der Waals surface area contributed by atoms with E-state index < -0.39 is 0 Å². The van der Waals surface area contributed by atoms with Crippen molar-refractivity contribution in [1.82, 2.24) is 10.3 Å². The third-order valence-electron chi connectivity index (χ3n) is 4.33. The van der Waals surface area contributed by atoms with Crippen LogP contribution >= 0.6 is 35.3 Å². The van der Waals surface area contributed by atoms with E-state index in [4.69, 9.17) is 17.3 Å². The first kappa shape index (κ1) is 18.5. The van der Waals surface area contributed by atoms with Crippen LogP contribution in [-0.2, 0) is 11.2 Å². The van der Waals surface area contributed by atoms with Crippen LogP contribution in [0.2, 0.25) is 5.02 Å². The van der Waals surface area contributed by atoms with Crippen molar-refractivity contribution in [2.24, 2.45) is 17.6 Å². The van der Waals surface area contributed by atoms with Crippen molar-refractivity contribution in [2.45, 2.75) is 25.7 Å². The molecule has 2 atom stereocenters. The smallest absolute Gasteiger partial charge is 0.223 e. The fourth-order valence-electron chi connectivity index (χ4n) is 3.14. The summed E-state index contributed by atoms with van der Waals surface area (Å²) < 4.78 is 1.13. The molecule has 0 unspecified atom stereocenters. The van der Waals surface area contributed by atoms with E-state index in [0.717, 1.165) is 40.9 Å². The summed E-state index contributed by atoms with van der Waals surface area (Å²) in [5.41, 5.74) is 6.67. The van der Waals surface area contributed by atoms with E-state index in [9.17, 15) is 4.79 Å². The van der Waals surface area contributed by atoms with Gasteiger partial charge in [-0.3, -0.25) is 4.79 Å². The number of nitrogens with zero attached hydrogens (tertiary/aromatic N) is 1. The molecule has 1 aliphatic carbocycles. The maximum absolute atomic E-state index is 12.2. The molecule has 3 N–H and O–H groups in total. The number of amides is 1. The first-order valence-electron chi connectivity index (χ1n) is 7.70. The number of hydrogen-bond donors (Lipinski definition) is 2. The number of carbonyl (C=O) groups is 1. The molecule has 1 saturated carbocycles. The number of rotatable bonds is 5. The molecule has 7 heteroatoms. The highest BCUT2D eigenvalue weighted by Crippen LogP contribution is 2.31. The molecule has 1 fully saturated rings. The number of thiazole rings is 1. The molecule has 0 saturated heterocycles. The van der Waals surface area contributed by atoms with Gasteiger partial charge in [0, 0.05) is 23.9 Å².